The molecule has 5 heteroatoms. The fraction of sp³-hybridized carbons (Fsp3) is 0.667. The quantitative estimate of drug-likeness (QED) is 0.578. The Morgan fingerprint density at radius 2 is 1.74 bits per heavy atom. The molecule has 1 saturated carbocycles. The Morgan fingerprint density at radius 1 is 1.00 bits per heavy atom. The van der Waals surface area contributed by atoms with Gasteiger partial charge in [-0.15, -0.1) is 0 Å². The summed E-state index contributed by atoms with van der Waals surface area (Å²) in [7, 11) is 0. The maximum Gasteiger partial charge on any atom is 0.251 e. The second-order valence-electron chi connectivity index (χ2n) is 6.24. The summed E-state index contributed by atoms with van der Waals surface area (Å²) in [6.07, 6.45) is 12.2. The second kappa shape index (κ2) is 11.1. The van der Waals surface area contributed by atoms with E-state index in [1.807, 2.05) is 0 Å². The predicted octanol–water partition coefficient (Wildman–Crippen LogP) is 2.10. The minimum absolute atomic E-state index is 0.0166. The molecule has 0 unspecified atom stereocenters. The number of pyridine rings is 1. The third-order valence-electron chi connectivity index (χ3n) is 4.35. The van der Waals surface area contributed by atoms with Crippen molar-refractivity contribution in [3.8, 4) is 0 Å². The minimum atomic E-state index is -0.0166. The molecule has 128 valence electrons. The number of nitrogens with one attached hydrogen (secondary N) is 3. The van der Waals surface area contributed by atoms with Crippen LogP contribution < -0.4 is 16.0 Å². The van der Waals surface area contributed by atoms with Crippen molar-refractivity contribution in [2.75, 3.05) is 26.2 Å². The highest BCUT2D eigenvalue weighted by Crippen LogP contribution is 2.16. The third kappa shape index (κ3) is 7.57. The summed E-state index contributed by atoms with van der Waals surface area (Å²) in [5, 5.41) is 10.0. The van der Waals surface area contributed by atoms with Crippen molar-refractivity contribution < 1.29 is 4.79 Å². The Labute approximate surface area is 139 Å². The van der Waals surface area contributed by atoms with Gasteiger partial charge in [0.25, 0.3) is 5.91 Å². The van der Waals surface area contributed by atoms with Gasteiger partial charge in [-0.2, -0.15) is 0 Å². The van der Waals surface area contributed by atoms with Crippen LogP contribution in [0.25, 0.3) is 0 Å². The number of hydrogen-bond acceptors (Lipinski definition) is 4. The molecule has 0 aromatic carbocycles. The monoisotopic (exact) mass is 318 g/mol. The Bertz CT molecular complexity index is 432. The molecule has 0 saturated heterocycles. The smallest absolute Gasteiger partial charge is 0.251 e. The van der Waals surface area contributed by atoms with Gasteiger partial charge < -0.3 is 16.0 Å². The molecule has 1 aliphatic rings. The Hall–Kier alpha value is -1.46. The fourth-order valence-corrected chi connectivity index (χ4v) is 2.98. The van der Waals surface area contributed by atoms with Crippen molar-refractivity contribution >= 4 is 5.91 Å². The third-order valence-corrected chi connectivity index (χ3v) is 4.35. The van der Waals surface area contributed by atoms with Crippen molar-refractivity contribution in [1.29, 1.82) is 0 Å². The van der Waals surface area contributed by atoms with Gasteiger partial charge in [0.05, 0.1) is 0 Å². The lowest BCUT2D eigenvalue weighted by Gasteiger charge is -2.22. The molecule has 0 aliphatic heterocycles. The number of amides is 1. The Morgan fingerprint density at radius 3 is 2.52 bits per heavy atom. The van der Waals surface area contributed by atoms with Crippen molar-refractivity contribution in [2.45, 2.75) is 51.0 Å². The van der Waals surface area contributed by atoms with E-state index in [9.17, 15) is 4.79 Å². The van der Waals surface area contributed by atoms with Gasteiger partial charge in [0.15, 0.2) is 0 Å². The van der Waals surface area contributed by atoms with Crippen LogP contribution in [0.2, 0.25) is 0 Å². The van der Waals surface area contributed by atoms with E-state index in [0.29, 0.717) is 5.56 Å². The summed E-state index contributed by atoms with van der Waals surface area (Å²) in [5.74, 6) is -0.0166. The average molecular weight is 318 g/mol. The molecule has 1 aromatic rings. The van der Waals surface area contributed by atoms with Crippen molar-refractivity contribution in [3.63, 3.8) is 0 Å². The van der Waals surface area contributed by atoms with E-state index >= 15 is 0 Å². The number of carbonyl (C=O) groups is 1. The van der Waals surface area contributed by atoms with E-state index < -0.39 is 0 Å². The van der Waals surface area contributed by atoms with Crippen LogP contribution in [-0.4, -0.2) is 43.1 Å². The molecule has 23 heavy (non-hydrogen) atoms. The number of nitrogens with zero attached hydrogens (tertiary/aromatic N) is 1. The lowest BCUT2D eigenvalue weighted by molar-refractivity contribution is 0.0953. The van der Waals surface area contributed by atoms with Gasteiger partial charge in [0, 0.05) is 43.6 Å². The molecule has 5 nitrogen and oxygen atoms in total. The first-order valence-electron chi connectivity index (χ1n) is 8.98. The van der Waals surface area contributed by atoms with Crippen LogP contribution in [0.5, 0.6) is 0 Å². The van der Waals surface area contributed by atoms with Crippen LogP contribution >= 0.6 is 0 Å². The van der Waals surface area contributed by atoms with Crippen LogP contribution in [-0.2, 0) is 0 Å². The summed E-state index contributed by atoms with van der Waals surface area (Å²) in [5.41, 5.74) is 0.673. The van der Waals surface area contributed by atoms with Crippen LogP contribution in [0, 0.1) is 0 Å². The molecule has 2 rings (SSSR count). The molecule has 0 radical (unpaired) electrons. The van der Waals surface area contributed by atoms with Gasteiger partial charge in [0.2, 0.25) is 0 Å². The molecule has 1 amide bonds. The Kier molecular flexibility index (Phi) is 8.66. The lowest BCUT2D eigenvalue weighted by atomic mass is 9.95. The SMILES string of the molecule is O=C(NCCCCNCCNC1CCCCC1)c1ccncc1. The predicted molar refractivity (Wildman–Crippen MR) is 93.5 cm³/mol. The number of carbonyl (C=O) groups excluding carboxylic acids is 1. The Balaban J connectivity index is 1.39. The standard InChI is InChI=1S/C18H30N4O/c23-18(16-8-12-20-13-9-16)22-11-5-4-10-19-14-15-21-17-6-2-1-3-7-17/h8-9,12-13,17,19,21H,1-7,10-11,14-15H2,(H,22,23). The van der Waals surface area contributed by atoms with E-state index in [1.165, 1.54) is 32.1 Å². The first kappa shape index (κ1) is 17.9. The maximum absolute atomic E-state index is 11.8. The summed E-state index contributed by atoms with van der Waals surface area (Å²) in [4.78, 5) is 15.7. The van der Waals surface area contributed by atoms with E-state index in [-0.39, 0.29) is 5.91 Å². The average Bonchev–Trinajstić information content (AvgIpc) is 2.61. The molecule has 1 aliphatic carbocycles. The van der Waals surface area contributed by atoms with Crippen molar-refractivity contribution in [3.05, 3.63) is 30.1 Å². The topological polar surface area (TPSA) is 66.1 Å². The van der Waals surface area contributed by atoms with Gasteiger partial charge in [-0.1, -0.05) is 19.3 Å². The van der Waals surface area contributed by atoms with E-state index in [0.717, 1.165) is 45.1 Å². The van der Waals surface area contributed by atoms with E-state index in [4.69, 9.17) is 0 Å². The first-order valence-corrected chi connectivity index (χ1v) is 8.98. The highest BCUT2D eigenvalue weighted by atomic mass is 16.1. The molecule has 0 spiro atoms. The lowest BCUT2D eigenvalue weighted by Crippen LogP contribution is -2.36. The molecular weight excluding hydrogens is 288 g/mol. The summed E-state index contributed by atoms with van der Waals surface area (Å²) in [6.45, 7) is 3.82. The summed E-state index contributed by atoms with van der Waals surface area (Å²) < 4.78 is 0. The van der Waals surface area contributed by atoms with Gasteiger partial charge in [-0.25, -0.2) is 0 Å². The van der Waals surface area contributed by atoms with Gasteiger partial charge in [-0.3, -0.25) is 9.78 Å². The number of aromatic nitrogens is 1. The molecule has 1 heterocycles. The molecule has 0 atom stereocenters. The summed E-state index contributed by atoms with van der Waals surface area (Å²) >= 11 is 0. The minimum Gasteiger partial charge on any atom is -0.352 e. The molecule has 1 fully saturated rings. The van der Waals surface area contributed by atoms with Crippen LogP contribution in [0.1, 0.15) is 55.3 Å². The number of hydrogen-bond donors (Lipinski definition) is 3. The number of unbranched alkanes of at least 4 members (excludes halogenated alkanes) is 1. The van der Waals surface area contributed by atoms with Crippen LogP contribution in [0.4, 0.5) is 0 Å². The summed E-state index contributed by atoms with van der Waals surface area (Å²) in [6, 6.07) is 4.21. The molecule has 3 N–H and O–H groups in total. The molecular formula is C18H30N4O. The van der Waals surface area contributed by atoms with Crippen molar-refractivity contribution in [1.82, 2.24) is 20.9 Å². The zero-order chi connectivity index (χ0) is 16.2. The second-order valence-corrected chi connectivity index (χ2v) is 6.24. The van der Waals surface area contributed by atoms with Crippen LogP contribution in [0.15, 0.2) is 24.5 Å². The van der Waals surface area contributed by atoms with Gasteiger partial charge >= 0.3 is 0 Å². The largest absolute Gasteiger partial charge is 0.352 e. The molecule has 1 aromatic heterocycles. The van der Waals surface area contributed by atoms with Crippen LogP contribution in [0.3, 0.4) is 0 Å². The maximum atomic E-state index is 11.8. The fourth-order valence-electron chi connectivity index (χ4n) is 2.98. The van der Waals surface area contributed by atoms with Gasteiger partial charge in [-0.05, 0) is 44.4 Å². The zero-order valence-electron chi connectivity index (χ0n) is 14.0. The van der Waals surface area contributed by atoms with E-state index in [2.05, 4.69) is 20.9 Å². The first-order chi connectivity index (χ1) is 11.4. The van der Waals surface area contributed by atoms with Gasteiger partial charge in [0.1, 0.15) is 0 Å². The highest BCUT2D eigenvalue weighted by Gasteiger charge is 2.11. The molecule has 0 bridgehead atoms. The highest BCUT2D eigenvalue weighted by molar-refractivity contribution is 5.93. The number of rotatable bonds is 10. The zero-order valence-corrected chi connectivity index (χ0v) is 14.0. The normalized spacial score (nSPS) is 15.5. The van der Waals surface area contributed by atoms with Crippen molar-refractivity contribution in [2.24, 2.45) is 0 Å². The van der Waals surface area contributed by atoms with E-state index in [1.54, 1.807) is 24.5 Å².